The van der Waals surface area contributed by atoms with Crippen molar-refractivity contribution in [3.05, 3.63) is 21.9 Å². The van der Waals surface area contributed by atoms with E-state index in [-0.39, 0.29) is 19.1 Å². The molecule has 16 heavy (non-hydrogen) atoms. The van der Waals surface area contributed by atoms with Gasteiger partial charge in [0.1, 0.15) is 0 Å². The topological polar surface area (TPSA) is 69.6 Å². The average Bonchev–Trinajstić information content (AvgIpc) is 2.66. The number of carboxylic acids is 1. The van der Waals surface area contributed by atoms with Crippen molar-refractivity contribution in [2.45, 2.75) is 32.4 Å². The van der Waals surface area contributed by atoms with Gasteiger partial charge in [-0.2, -0.15) is 0 Å². The van der Waals surface area contributed by atoms with Crippen LogP contribution in [-0.2, 0) is 17.8 Å². The summed E-state index contributed by atoms with van der Waals surface area (Å²) in [6.45, 7) is 2.82. The molecule has 1 unspecified atom stereocenters. The lowest BCUT2D eigenvalue weighted by Crippen LogP contribution is -2.30. The summed E-state index contributed by atoms with van der Waals surface area (Å²) in [5, 5.41) is 20.8. The molecule has 1 atom stereocenters. The second-order valence-electron chi connectivity index (χ2n) is 3.61. The van der Waals surface area contributed by atoms with Gasteiger partial charge in [0, 0.05) is 22.3 Å². The zero-order valence-corrected chi connectivity index (χ0v) is 10.1. The van der Waals surface area contributed by atoms with Crippen LogP contribution >= 0.6 is 11.3 Å². The Labute approximate surface area is 98.9 Å². The summed E-state index contributed by atoms with van der Waals surface area (Å²) in [7, 11) is 0. The first-order valence-corrected chi connectivity index (χ1v) is 6.11. The number of aliphatic hydroxyl groups is 1. The van der Waals surface area contributed by atoms with Gasteiger partial charge in [-0.05, 0) is 18.6 Å². The smallest absolute Gasteiger partial charge is 0.308 e. The Bertz CT molecular complexity index is 334. The number of aliphatic carboxylic acids is 1. The summed E-state index contributed by atoms with van der Waals surface area (Å²) in [6, 6.07) is 3.89. The highest BCUT2D eigenvalue weighted by Gasteiger charge is 2.07. The standard InChI is InChI=1S/C11H17NO3S/c1-2-8(7-13)12-6-10-4-3-9(16-10)5-11(14)15/h3-4,8,12-13H,2,5-7H2,1H3,(H,14,15). The summed E-state index contributed by atoms with van der Waals surface area (Å²) < 4.78 is 0. The molecule has 90 valence electrons. The summed E-state index contributed by atoms with van der Waals surface area (Å²) in [6.07, 6.45) is 0.964. The number of hydrogen-bond donors (Lipinski definition) is 3. The maximum absolute atomic E-state index is 10.5. The number of nitrogens with one attached hydrogen (secondary N) is 1. The molecule has 0 amide bonds. The van der Waals surface area contributed by atoms with Gasteiger partial charge in [-0.1, -0.05) is 6.92 Å². The van der Waals surface area contributed by atoms with Gasteiger partial charge in [-0.15, -0.1) is 11.3 Å². The Kier molecular flexibility index (Phi) is 5.45. The number of hydrogen-bond acceptors (Lipinski definition) is 4. The van der Waals surface area contributed by atoms with Crippen molar-refractivity contribution in [2.24, 2.45) is 0 Å². The van der Waals surface area contributed by atoms with Gasteiger partial charge in [-0.25, -0.2) is 0 Å². The molecule has 1 aromatic rings. The highest BCUT2D eigenvalue weighted by molar-refractivity contribution is 7.12. The molecule has 1 heterocycles. The van der Waals surface area contributed by atoms with Crippen molar-refractivity contribution in [3.8, 4) is 0 Å². The second-order valence-corrected chi connectivity index (χ2v) is 4.86. The monoisotopic (exact) mass is 243 g/mol. The number of thiophene rings is 1. The Morgan fingerprint density at radius 2 is 2.19 bits per heavy atom. The molecule has 0 saturated carbocycles. The first-order chi connectivity index (χ1) is 7.65. The van der Waals surface area contributed by atoms with Crippen molar-refractivity contribution >= 4 is 17.3 Å². The van der Waals surface area contributed by atoms with Crippen LogP contribution in [0.25, 0.3) is 0 Å². The summed E-state index contributed by atoms with van der Waals surface area (Å²) in [5.74, 6) is -0.803. The van der Waals surface area contributed by atoms with Gasteiger partial charge in [-0.3, -0.25) is 4.79 Å². The fraction of sp³-hybridized carbons (Fsp3) is 0.545. The van der Waals surface area contributed by atoms with E-state index in [2.05, 4.69) is 5.32 Å². The van der Waals surface area contributed by atoms with Gasteiger partial charge >= 0.3 is 5.97 Å². The van der Waals surface area contributed by atoms with E-state index < -0.39 is 5.97 Å². The third kappa shape index (κ3) is 4.30. The molecule has 0 aliphatic carbocycles. The molecule has 0 aromatic carbocycles. The number of carbonyl (C=O) groups is 1. The van der Waals surface area contributed by atoms with Gasteiger partial charge in [0.05, 0.1) is 13.0 Å². The third-order valence-electron chi connectivity index (χ3n) is 2.32. The fourth-order valence-corrected chi connectivity index (χ4v) is 2.30. The number of carboxylic acid groups (broad SMARTS) is 1. The second kappa shape index (κ2) is 6.62. The highest BCUT2D eigenvalue weighted by Crippen LogP contribution is 2.17. The third-order valence-corrected chi connectivity index (χ3v) is 3.41. The van der Waals surface area contributed by atoms with Crippen LogP contribution in [-0.4, -0.2) is 28.8 Å². The van der Waals surface area contributed by atoms with E-state index in [1.54, 1.807) is 0 Å². The number of rotatable bonds is 7. The van der Waals surface area contributed by atoms with E-state index in [4.69, 9.17) is 10.2 Å². The van der Waals surface area contributed by atoms with Crippen LogP contribution in [0.2, 0.25) is 0 Å². The largest absolute Gasteiger partial charge is 0.481 e. The normalized spacial score (nSPS) is 12.6. The Morgan fingerprint density at radius 3 is 2.75 bits per heavy atom. The molecule has 0 aliphatic heterocycles. The zero-order valence-electron chi connectivity index (χ0n) is 9.27. The van der Waals surface area contributed by atoms with E-state index in [0.29, 0.717) is 6.54 Å². The molecule has 0 bridgehead atoms. The Hall–Kier alpha value is -0.910. The zero-order chi connectivity index (χ0) is 12.0. The van der Waals surface area contributed by atoms with Crippen LogP contribution in [0.3, 0.4) is 0 Å². The van der Waals surface area contributed by atoms with Crippen molar-refractivity contribution in [3.63, 3.8) is 0 Å². The molecule has 1 aromatic heterocycles. The van der Waals surface area contributed by atoms with E-state index in [9.17, 15) is 4.79 Å². The molecule has 0 fully saturated rings. The molecular formula is C11H17NO3S. The SMILES string of the molecule is CCC(CO)NCc1ccc(CC(=O)O)s1. The minimum Gasteiger partial charge on any atom is -0.481 e. The molecule has 0 radical (unpaired) electrons. The fourth-order valence-electron chi connectivity index (χ4n) is 1.34. The van der Waals surface area contributed by atoms with E-state index in [0.717, 1.165) is 16.2 Å². The van der Waals surface area contributed by atoms with Gasteiger partial charge in [0.15, 0.2) is 0 Å². The predicted molar refractivity (Wildman–Crippen MR) is 63.7 cm³/mol. The van der Waals surface area contributed by atoms with E-state index in [1.165, 1.54) is 11.3 Å². The predicted octanol–water partition coefficient (Wildman–Crippen LogP) is 1.24. The van der Waals surface area contributed by atoms with Crippen LogP contribution in [0, 0.1) is 0 Å². The minimum absolute atomic E-state index is 0.0852. The van der Waals surface area contributed by atoms with Crippen LogP contribution in [0.5, 0.6) is 0 Å². The van der Waals surface area contributed by atoms with Crippen LogP contribution < -0.4 is 5.32 Å². The lowest BCUT2D eigenvalue weighted by atomic mass is 10.2. The van der Waals surface area contributed by atoms with Crippen LogP contribution in [0.1, 0.15) is 23.1 Å². The van der Waals surface area contributed by atoms with Crippen molar-refractivity contribution in [1.29, 1.82) is 0 Å². The lowest BCUT2D eigenvalue weighted by Gasteiger charge is -2.12. The molecule has 0 aliphatic rings. The molecule has 5 heteroatoms. The molecule has 0 spiro atoms. The van der Waals surface area contributed by atoms with Gasteiger partial charge in [0.2, 0.25) is 0 Å². The van der Waals surface area contributed by atoms with Gasteiger partial charge in [0.25, 0.3) is 0 Å². The van der Waals surface area contributed by atoms with Crippen molar-refractivity contribution in [2.75, 3.05) is 6.61 Å². The quantitative estimate of drug-likeness (QED) is 0.674. The van der Waals surface area contributed by atoms with E-state index in [1.807, 2.05) is 19.1 Å². The van der Waals surface area contributed by atoms with Crippen molar-refractivity contribution in [1.82, 2.24) is 5.32 Å². The lowest BCUT2D eigenvalue weighted by molar-refractivity contribution is -0.136. The van der Waals surface area contributed by atoms with Crippen molar-refractivity contribution < 1.29 is 15.0 Å². The first kappa shape index (κ1) is 13.2. The summed E-state index contributed by atoms with van der Waals surface area (Å²) in [5.41, 5.74) is 0. The summed E-state index contributed by atoms with van der Waals surface area (Å²) >= 11 is 1.50. The molecular weight excluding hydrogens is 226 g/mol. The highest BCUT2D eigenvalue weighted by atomic mass is 32.1. The molecule has 1 rings (SSSR count). The first-order valence-electron chi connectivity index (χ1n) is 5.29. The van der Waals surface area contributed by atoms with E-state index >= 15 is 0 Å². The Balaban J connectivity index is 2.42. The number of aliphatic hydroxyl groups excluding tert-OH is 1. The maximum Gasteiger partial charge on any atom is 0.308 e. The van der Waals surface area contributed by atoms with Crippen LogP contribution in [0.15, 0.2) is 12.1 Å². The molecule has 4 nitrogen and oxygen atoms in total. The molecule has 0 saturated heterocycles. The van der Waals surface area contributed by atoms with Crippen LogP contribution in [0.4, 0.5) is 0 Å². The average molecular weight is 243 g/mol. The Morgan fingerprint density at radius 1 is 1.50 bits per heavy atom. The maximum atomic E-state index is 10.5. The minimum atomic E-state index is -0.803. The summed E-state index contributed by atoms with van der Waals surface area (Å²) in [4.78, 5) is 12.5. The van der Waals surface area contributed by atoms with Gasteiger partial charge < -0.3 is 15.5 Å². The molecule has 3 N–H and O–H groups in total.